The molecule has 3 nitrogen and oxygen atoms in total. The first-order valence-electron chi connectivity index (χ1n) is 8.68. The highest BCUT2D eigenvalue weighted by molar-refractivity contribution is 5.85. The fourth-order valence-corrected chi connectivity index (χ4v) is 3.45. The SMILES string of the molecule is Cl.Cl.c1cncc(CN2CCN(Cc3ccc4ccccc4c3)CC2)c1. The van der Waals surface area contributed by atoms with Crippen LogP contribution in [-0.2, 0) is 13.1 Å². The second-order valence-electron chi connectivity index (χ2n) is 6.60. The van der Waals surface area contributed by atoms with Crippen molar-refractivity contribution in [3.05, 3.63) is 78.1 Å². The van der Waals surface area contributed by atoms with Crippen LogP contribution in [0.4, 0.5) is 0 Å². The third kappa shape index (κ3) is 5.18. The van der Waals surface area contributed by atoms with Crippen molar-refractivity contribution in [2.75, 3.05) is 26.2 Å². The molecular formula is C21H25Cl2N3. The van der Waals surface area contributed by atoms with E-state index in [4.69, 9.17) is 0 Å². The number of rotatable bonds is 4. The molecule has 5 heteroatoms. The van der Waals surface area contributed by atoms with Gasteiger partial charge in [0.1, 0.15) is 0 Å². The number of hydrogen-bond donors (Lipinski definition) is 0. The molecule has 0 atom stereocenters. The largest absolute Gasteiger partial charge is 0.297 e. The van der Waals surface area contributed by atoms with E-state index < -0.39 is 0 Å². The van der Waals surface area contributed by atoms with Crippen LogP contribution in [0.5, 0.6) is 0 Å². The van der Waals surface area contributed by atoms with E-state index in [0.717, 1.165) is 39.3 Å². The zero-order valence-corrected chi connectivity index (χ0v) is 16.4. The number of fused-ring (bicyclic) bond motifs is 1. The van der Waals surface area contributed by atoms with Crippen LogP contribution in [0.15, 0.2) is 67.0 Å². The molecule has 0 spiro atoms. The van der Waals surface area contributed by atoms with Gasteiger partial charge in [0.15, 0.2) is 0 Å². The molecule has 3 aromatic rings. The Morgan fingerprint density at radius 2 is 1.35 bits per heavy atom. The van der Waals surface area contributed by atoms with Gasteiger partial charge in [-0.2, -0.15) is 0 Å². The number of pyridine rings is 1. The molecular weight excluding hydrogens is 365 g/mol. The van der Waals surface area contributed by atoms with E-state index >= 15 is 0 Å². The quantitative estimate of drug-likeness (QED) is 0.659. The number of nitrogens with zero attached hydrogens (tertiary/aromatic N) is 3. The zero-order valence-electron chi connectivity index (χ0n) is 14.8. The number of halogens is 2. The molecule has 2 aromatic carbocycles. The molecule has 2 heterocycles. The fourth-order valence-electron chi connectivity index (χ4n) is 3.45. The van der Waals surface area contributed by atoms with Crippen molar-refractivity contribution in [2.45, 2.75) is 13.1 Å². The summed E-state index contributed by atoms with van der Waals surface area (Å²) in [5, 5.41) is 2.66. The van der Waals surface area contributed by atoms with Gasteiger partial charge in [-0.3, -0.25) is 14.8 Å². The molecule has 0 saturated carbocycles. The normalized spacial score (nSPS) is 15.2. The fraction of sp³-hybridized carbons (Fsp3) is 0.286. The molecule has 138 valence electrons. The van der Waals surface area contributed by atoms with Gasteiger partial charge in [-0.15, -0.1) is 24.8 Å². The first kappa shape index (κ1) is 20.7. The van der Waals surface area contributed by atoms with Crippen molar-refractivity contribution in [3.8, 4) is 0 Å². The van der Waals surface area contributed by atoms with E-state index in [-0.39, 0.29) is 24.8 Å². The summed E-state index contributed by atoms with van der Waals surface area (Å²) >= 11 is 0. The van der Waals surface area contributed by atoms with Crippen LogP contribution in [0, 0.1) is 0 Å². The zero-order chi connectivity index (χ0) is 16.2. The van der Waals surface area contributed by atoms with Crippen molar-refractivity contribution >= 4 is 35.6 Å². The Morgan fingerprint density at radius 3 is 2.00 bits per heavy atom. The third-order valence-corrected chi connectivity index (χ3v) is 4.81. The Hall–Kier alpha value is -1.65. The molecule has 26 heavy (non-hydrogen) atoms. The maximum Gasteiger partial charge on any atom is 0.0312 e. The maximum absolute atomic E-state index is 4.21. The predicted octanol–water partition coefficient (Wildman–Crippen LogP) is 4.40. The van der Waals surface area contributed by atoms with E-state index in [0.29, 0.717) is 0 Å². The molecule has 4 rings (SSSR count). The molecule has 0 amide bonds. The molecule has 0 aliphatic carbocycles. The topological polar surface area (TPSA) is 19.4 Å². The Balaban J connectivity index is 0.00000121. The van der Waals surface area contributed by atoms with Crippen molar-refractivity contribution < 1.29 is 0 Å². The van der Waals surface area contributed by atoms with Gasteiger partial charge >= 0.3 is 0 Å². The summed E-state index contributed by atoms with van der Waals surface area (Å²) in [5.74, 6) is 0. The molecule has 1 aliphatic rings. The van der Waals surface area contributed by atoms with Crippen molar-refractivity contribution in [2.24, 2.45) is 0 Å². The summed E-state index contributed by atoms with van der Waals surface area (Å²) < 4.78 is 0. The molecule has 0 radical (unpaired) electrons. The summed E-state index contributed by atoms with van der Waals surface area (Å²) in [5.41, 5.74) is 2.72. The lowest BCUT2D eigenvalue weighted by Gasteiger charge is -2.34. The van der Waals surface area contributed by atoms with E-state index in [1.54, 1.807) is 0 Å². The van der Waals surface area contributed by atoms with Gasteiger partial charge < -0.3 is 0 Å². The Labute approximate surface area is 167 Å². The smallest absolute Gasteiger partial charge is 0.0312 e. The van der Waals surface area contributed by atoms with E-state index in [1.165, 1.54) is 21.9 Å². The van der Waals surface area contributed by atoms with Crippen molar-refractivity contribution in [1.29, 1.82) is 0 Å². The molecule has 1 fully saturated rings. The van der Waals surface area contributed by atoms with Gasteiger partial charge in [-0.05, 0) is 34.0 Å². The highest BCUT2D eigenvalue weighted by atomic mass is 35.5. The van der Waals surface area contributed by atoms with Gasteiger partial charge in [0.05, 0.1) is 0 Å². The summed E-state index contributed by atoms with van der Waals surface area (Å²) in [7, 11) is 0. The van der Waals surface area contributed by atoms with Crippen LogP contribution in [0.3, 0.4) is 0 Å². The lowest BCUT2D eigenvalue weighted by molar-refractivity contribution is 0.122. The van der Waals surface area contributed by atoms with Crippen LogP contribution in [0.1, 0.15) is 11.1 Å². The van der Waals surface area contributed by atoms with Gasteiger partial charge in [-0.25, -0.2) is 0 Å². The molecule has 1 saturated heterocycles. The summed E-state index contributed by atoms with van der Waals surface area (Å²) in [6, 6.07) is 19.6. The minimum absolute atomic E-state index is 0. The highest BCUT2D eigenvalue weighted by Gasteiger charge is 2.17. The van der Waals surface area contributed by atoms with Crippen LogP contribution < -0.4 is 0 Å². The minimum atomic E-state index is 0. The Kier molecular flexibility index (Phi) is 7.85. The second-order valence-corrected chi connectivity index (χ2v) is 6.60. The Morgan fingerprint density at radius 1 is 0.692 bits per heavy atom. The molecule has 0 bridgehead atoms. The van der Waals surface area contributed by atoms with Crippen LogP contribution in [0.2, 0.25) is 0 Å². The molecule has 1 aliphatic heterocycles. The third-order valence-electron chi connectivity index (χ3n) is 4.81. The van der Waals surface area contributed by atoms with E-state index in [1.807, 2.05) is 18.5 Å². The Bertz CT molecular complexity index is 802. The first-order valence-corrected chi connectivity index (χ1v) is 8.68. The molecule has 0 N–H and O–H groups in total. The predicted molar refractivity (Wildman–Crippen MR) is 113 cm³/mol. The number of piperazine rings is 1. The van der Waals surface area contributed by atoms with Crippen molar-refractivity contribution in [1.82, 2.24) is 14.8 Å². The average Bonchev–Trinajstić information content (AvgIpc) is 2.64. The monoisotopic (exact) mass is 389 g/mol. The summed E-state index contributed by atoms with van der Waals surface area (Å²) in [6.45, 7) is 6.58. The van der Waals surface area contributed by atoms with Gasteiger partial charge in [-0.1, -0.05) is 42.5 Å². The van der Waals surface area contributed by atoms with Crippen LogP contribution in [0.25, 0.3) is 10.8 Å². The lowest BCUT2D eigenvalue weighted by atomic mass is 10.1. The number of hydrogen-bond acceptors (Lipinski definition) is 3. The second kappa shape index (κ2) is 9.89. The average molecular weight is 390 g/mol. The number of benzene rings is 2. The van der Waals surface area contributed by atoms with E-state index in [9.17, 15) is 0 Å². The minimum Gasteiger partial charge on any atom is -0.297 e. The van der Waals surface area contributed by atoms with Crippen LogP contribution >= 0.6 is 24.8 Å². The van der Waals surface area contributed by atoms with E-state index in [2.05, 4.69) is 63.3 Å². The maximum atomic E-state index is 4.21. The van der Waals surface area contributed by atoms with Crippen LogP contribution in [-0.4, -0.2) is 41.0 Å². The van der Waals surface area contributed by atoms with Crippen molar-refractivity contribution in [3.63, 3.8) is 0 Å². The number of aromatic nitrogens is 1. The summed E-state index contributed by atoms with van der Waals surface area (Å²) in [6.07, 6.45) is 3.81. The van der Waals surface area contributed by atoms with Gasteiger partial charge in [0, 0.05) is 51.7 Å². The van der Waals surface area contributed by atoms with Gasteiger partial charge in [0.2, 0.25) is 0 Å². The highest BCUT2D eigenvalue weighted by Crippen LogP contribution is 2.17. The van der Waals surface area contributed by atoms with Gasteiger partial charge in [0.25, 0.3) is 0 Å². The lowest BCUT2D eigenvalue weighted by Crippen LogP contribution is -2.45. The molecule has 1 aromatic heterocycles. The first-order chi connectivity index (χ1) is 11.9. The molecule has 0 unspecified atom stereocenters. The summed E-state index contributed by atoms with van der Waals surface area (Å²) in [4.78, 5) is 9.29. The standard InChI is InChI=1S/C21H23N3.2ClH/c1-2-6-21-14-18(7-8-20(21)5-1)16-23-10-12-24(13-11-23)17-19-4-3-9-22-15-19;;/h1-9,14-15H,10-13,16-17H2;2*1H.